The number of imidazole rings is 1. The summed E-state index contributed by atoms with van der Waals surface area (Å²) in [5, 5.41) is 50.2. The minimum Gasteiger partial charge on any atom is -0.456 e. The van der Waals surface area contributed by atoms with Gasteiger partial charge in [0.1, 0.15) is 61.7 Å². The van der Waals surface area contributed by atoms with E-state index in [1.165, 1.54) is 52.9 Å². The van der Waals surface area contributed by atoms with E-state index in [1.54, 1.807) is 48.5 Å². The van der Waals surface area contributed by atoms with Crippen LogP contribution < -0.4 is 5.32 Å². The van der Waals surface area contributed by atoms with Gasteiger partial charge in [-0.3, -0.25) is 19.2 Å². The molecule has 1 aromatic heterocycles. The molecule has 7 rings (SSSR count). The minimum absolute atomic E-state index is 0.0275. The Morgan fingerprint density at radius 2 is 1.60 bits per heavy atom. The maximum atomic E-state index is 16.1. The summed E-state index contributed by atoms with van der Waals surface area (Å²) in [4.78, 5) is 112. The average molecular weight is 1000 g/mol. The first-order valence-electron chi connectivity index (χ1n) is 23.0. The van der Waals surface area contributed by atoms with Gasteiger partial charge >= 0.3 is 36.0 Å². The fraction of sp³-hybridized carbons (Fsp3) is 0.510. The number of aromatic nitrogens is 2. The summed E-state index contributed by atoms with van der Waals surface area (Å²) in [6, 6.07) is 14.3. The first-order chi connectivity index (χ1) is 33.9. The van der Waals surface area contributed by atoms with E-state index in [1.807, 2.05) is 0 Å². The van der Waals surface area contributed by atoms with Crippen molar-refractivity contribution in [2.75, 3.05) is 13.2 Å². The fourth-order valence-corrected chi connectivity index (χ4v) is 10.9. The molecule has 72 heavy (non-hydrogen) atoms. The second kappa shape index (κ2) is 20.2. The molecule has 2 bridgehead atoms. The molecule has 1 amide bonds. The van der Waals surface area contributed by atoms with Crippen LogP contribution in [-0.2, 0) is 63.7 Å². The van der Waals surface area contributed by atoms with Crippen LogP contribution in [-0.4, -0.2) is 139 Å². The number of aliphatic hydroxyl groups is 3. The van der Waals surface area contributed by atoms with Crippen molar-refractivity contribution in [1.82, 2.24) is 14.9 Å². The highest BCUT2D eigenvalue weighted by Crippen LogP contribution is 2.65. The predicted octanol–water partition coefficient (Wildman–Crippen LogP) is 2.77. The molecule has 386 valence electrons. The number of aliphatic hydroxyl groups excluding tert-OH is 2. The summed E-state index contributed by atoms with van der Waals surface area (Å²) in [6.45, 7) is 7.32. The van der Waals surface area contributed by atoms with E-state index in [2.05, 4.69) is 10.3 Å². The molecule has 4 aliphatic rings. The van der Waals surface area contributed by atoms with E-state index in [9.17, 15) is 54.2 Å². The van der Waals surface area contributed by atoms with Crippen LogP contribution >= 0.6 is 0 Å². The number of carbonyl (C=O) groups excluding carboxylic acids is 7. The lowest BCUT2D eigenvalue weighted by Crippen LogP contribution is -2.82. The molecule has 3 aliphatic carbocycles. The summed E-state index contributed by atoms with van der Waals surface area (Å²) >= 11 is 0. The van der Waals surface area contributed by atoms with Crippen LogP contribution in [0.4, 0.5) is 10.7 Å². The van der Waals surface area contributed by atoms with Crippen molar-refractivity contribution in [3.05, 3.63) is 105 Å². The third kappa shape index (κ3) is 9.55. The number of fused-ring (bicyclic) bond motifs is 5. The minimum atomic E-state index is -2.56. The van der Waals surface area contributed by atoms with Crippen LogP contribution in [0.1, 0.15) is 83.3 Å². The van der Waals surface area contributed by atoms with Crippen molar-refractivity contribution in [1.29, 1.82) is 0 Å². The summed E-state index contributed by atoms with van der Waals surface area (Å²) in [6.07, 6.45) is -12.4. The third-order valence-corrected chi connectivity index (χ3v) is 14.4. The van der Waals surface area contributed by atoms with Gasteiger partial charge in [-0.1, -0.05) is 67.4 Å². The van der Waals surface area contributed by atoms with Gasteiger partial charge in [0.2, 0.25) is 5.91 Å². The van der Waals surface area contributed by atoms with Gasteiger partial charge in [-0.05, 0) is 47.6 Å². The first kappa shape index (κ1) is 52.7. The highest BCUT2D eigenvalue weighted by Gasteiger charge is 2.79. The normalized spacial score (nSPS) is 29.4. The van der Waals surface area contributed by atoms with Crippen LogP contribution in [0.2, 0.25) is 0 Å². The fourth-order valence-electron chi connectivity index (χ4n) is 10.9. The lowest BCUT2D eigenvalue weighted by atomic mass is 9.44. The molecule has 23 nitrogen and oxygen atoms in total. The molecule has 2 aromatic carbocycles. The second-order valence-electron chi connectivity index (χ2n) is 19.2. The van der Waals surface area contributed by atoms with E-state index in [-0.39, 0.29) is 16.7 Å². The molecule has 23 heteroatoms. The van der Waals surface area contributed by atoms with Crippen molar-refractivity contribution in [2.45, 2.75) is 128 Å². The van der Waals surface area contributed by atoms with Gasteiger partial charge in [-0.15, -0.1) is 0 Å². The number of amides is 1. The monoisotopic (exact) mass is 1000 g/mol. The number of esters is 4. The predicted molar refractivity (Wildman–Crippen MR) is 243 cm³/mol. The third-order valence-electron chi connectivity index (χ3n) is 14.4. The van der Waals surface area contributed by atoms with E-state index in [4.69, 9.17) is 33.2 Å². The number of rotatable bonds is 15. The summed E-state index contributed by atoms with van der Waals surface area (Å²) < 4.78 is 42.8. The molecule has 4 N–H and O–H groups in total. The van der Waals surface area contributed by atoms with Crippen molar-refractivity contribution in [3.63, 3.8) is 0 Å². The van der Waals surface area contributed by atoms with Crippen LogP contribution in [0.5, 0.6) is 0 Å². The molecule has 2 saturated carbocycles. The maximum absolute atomic E-state index is 16.1. The average Bonchev–Trinajstić information content (AvgIpc) is 3.79. The molecular formula is C49H56N4O19. The zero-order valence-electron chi connectivity index (χ0n) is 40.4. The van der Waals surface area contributed by atoms with Crippen molar-refractivity contribution < 1.29 is 87.0 Å². The second-order valence-corrected chi connectivity index (χ2v) is 19.2. The smallest absolute Gasteiger partial charge is 0.456 e. The Labute approximate surface area is 411 Å². The molecular weight excluding hydrogens is 949 g/mol. The number of nitro groups is 1. The van der Waals surface area contributed by atoms with Crippen molar-refractivity contribution in [2.24, 2.45) is 16.7 Å². The Hall–Kier alpha value is -7.08. The summed E-state index contributed by atoms with van der Waals surface area (Å²) in [7, 11) is 0. The topological polar surface area (TPSA) is 318 Å². The Morgan fingerprint density at radius 3 is 2.18 bits per heavy atom. The molecule has 3 aromatic rings. The number of carbonyl (C=O) groups is 7. The summed E-state index contributed by atoms with van der Waals surface area (Å²) in [5.74, 6) is -8.22. The van der Waals surface area contributed by atoms with Crippen molar-refractivity contribution >= 4 is 47.7 Å². The Morgan fingerprint density at radius 1 is 0.944 bits per heavy atom. The van der Waals surface area contributed by atoms with Crippen LogP contribution in [0.3, 0.4) is 0 Å². The molecule has 2 heterocycles. The summed E-state index contributed by atoms with van der Waals surface area (Å²) in [5.41, 5.74) is -8.42. The van der Waals surface area contributed by atoms with E-state index < -0.39 is 162 Å². The number of nitrogens with one attached hydrogen (secondary N) is 1. The van der Waals surface area contributed by atoms with Gasteiger partial charge in [0, 0.05) is 39.0 Å². The zero-order valence-corrected chi connectivity index (χ0v) is 40.4. The van der Waals surface area contributed by atoms with E-state index in [0.717, 1.165) is 24.6 Å². The van der Waals surface area contributed by atoms with E-state index in [0.29, 0.717) is 5.56 Å². The van der Waals surface area contributed by atoms with Crippen molar-refractivity contribution in [3.8, 4) is 0 Å². The quantitative estimate of drug-likeness (QED) is 0.0559. The molecule has 1 unspecified atom stereocenters. The SMILES string of the molecule is CC(=O)N[C@@H](c1ccccc1)[C@@H](O)C(=O)O[C@H]1C[C@@]2(O)[C@@H](OC(=O)c3ccccc3)[C@@H]3[C@]4(OC(C)=O)CO[C@@H]4C[C@H](OC(=O)OCC(O)Cn4ccnc4[N+](=O)[O-])[C@@]3(C)C(=O)[C@H](OC(C)=O)C(=C1C)C2(C)C. The number of ketones is 1. The standard InChI is InChI=1S/C49H56N4O19/c1-25-32(69-43(61)37(58)36(51-26(2)54)29-14-10-8-11-15-29)21-49(63)41(71-42(60)30-16-12-9-13-17-30)39-47(7,40(59)38(68-27(3)55)35(25)46(49,5)6)33(20-34-48(39,24-67-34)72-28(4)56)70-45(62)66-23-31(57)22-52-19-18-50-44(52)53(64)65/h8-19,31-34,36-39,41,57-58,63H,20-24H2,1-7H3,(H,51,54)/t31?,32-,33-,34+,36-,37+,38+,39-,41-,47+,48-,49+/m0/s1. The van der Waals surface area contributed by atoms with Crippen LogP contribution in [0, 0.1) is 26.9 Å². The zero-order chi connectivity index (χ0) is 52.7. The molecule has 1 saturated heterocycles. The highest BCUT2D eigenvalue weighted by molar-refractivity contribution is 5.96. The molecule has 0 radical (unpaired) electrons. The van der Waals surface area contributed by atoms with Crippen LogP contribution in [0.25, 0.3) is 0 Å². The van der Waals surface area contributed by atoms with E-state index >= 15 is 4.79 Å². The molecule has 1 aliphatic heterocycles. The first-order valence-corrected chi connectivity index (χ1v) is 23.0. The number of ether oxygens (including phenoxy) is 7. The number of Topliss-reactive ketones (excluding diaryl/α,β-unsaturated/α-hetero) is 1. The molecule has 3 fully saturated rings. The van der Waals surface area contributed by atoms with Gasteiger partial charge in [0.15, 0.2) is 23.6 Å². The van der Waals surface area contributed by atoms with Gasteiger partial charge < -0.3 is 63.9 Å². The number of benzene rings is 2. The number of nitrogens with zero attached hydrogens (tertiary/aromatic N) is 3. The van der Waals surface area contributed by atoms with Gasteiger partial charge in [-0.25, -0.2) is 19.0 Å². The maximum Gasteiger partial charge on any atom is 0.508 e. The Kier molecular flexibility index (Phi) is 14.8. The number of hydrogen-bond donors (Lipinski definition) is 4. The molecule has 12 atom stereocenters. The van der Waals surface area contributed by atoms with Crippen LogP contribution in [0.15, 0.2) is 84.2 Å². The van der Waals surface area contributed by atoms with Gasteiger partial charge in [0.05, 0.1) is 29.5 Å². The van der Waals surface area contributed by atoms with Gasteiger partial charge in [0.25, 0.3) is 0 Å². The largest absolute Gasteiger partial charge is 0.508 e. The Balaban J connectivity index is 1.38. The highest BCUT2D eigenvalue weighted by atomic mass is 16.7. The molecule has 0 spiro atoms. The number of hydrogen-bond acceptors (Lipinski definition) is 20. The Bertz CT molecular complexity index is 2660. The van der Waals surface area contributed by atoms with Gasteiger partial charge in [-0.2, -0.15) is 0 Å². The lowest BCUT2D eigenvalue weighted by molar-refractivity contribution is -0.397. The lowest BCUT2D eigenvalue weighted by Gasteiger charge is -2.67.